The van der Waals surface area contributed by atoms with E-state index in [1.54, 1.807) is 18.5 Å². The molecule has 3 aromatic rings. The van der Waals surface area contributed by atoms with Crippen LogP contribution in [0.15, 0.2) is 61.3 Å². The molecule has 4 rings (SSSR count). The largest absolute Gasteiger partial charge is 0.370 e. The Labute approximate surface area is 151 Å². The van der Waals surface area contributed by atoms with E-state index in [9.17, 15) is 4.79 Å². The number of aromatic nitrogens is 4. The molecule has 0 spiro atoms. The molecule has 7 heteroatoms. The molecule has 0 saturated carbocycles. The smallest absolute Gasteiger partial charge is 0.255 e. The van der Waals surface area contributed by atoms with Crippen LogP contribution in [0.5, 0.6) is 0 Å². The Morgan fingerprint density at radius 2 is 2.08 bits per heavy atom. The summed E-state index contributed by atoms with van der Waals surface area (Å²) in [6, 6.07) is 9.59. The number of nitrogens with zero attached hydrogens (tertiary/aromatic N) is 5. The number of amides is 1. The second-order valence-electron chi connectivity index (χ2n) is 6.26. The standard InChI is InChI=1S/C19H19N5O2/c25-19(16-5-7-21-22-10-16)24-11-17-4-2-8-23(17)12-18(13-24)26-14-15-3-1-6-20-9-15/h1-10,18H,11-14H2/t18-/m0/s1. The fourth-order valence-corrected chi connectivity index (χ4v) is 3.11. The van der Waals surface area contributed by atoms with Crippen LogP contribution in [0, 0.1) is 0 Å². The van der Waals surface area contributed by atoms with Crippen molar-refractivity contribution in [2.45, 2.75) is 25.8 Å². The van der Waals surface area contributed by atoms with Crippen LogP contribution < -0.4 is 0 Å². The Hall–Kier alpha value is -3.06. The Morgan fingerprint density at radius 1 is 1.12 bits per heavy atom. The molecular formula is C19H19N5O2. The van der Waals surface area contributed by atoms with Gasteiger partial charge in [0.2, 0.25) is 0 Å². The molecule has 3 aromatic heterocycles. The van der Waals surface area contributed by atoms with E-state index >= 15 is 0 Å². The topological polar surface area (TPSA) is 73.1 Å². The molecule has 1 aliphatic rings. The minimum atomic E-state index is -0.109. The van der Waals surface area contributed by atoms with Crippen LogP contribution in [0.4, 0.5) is 0 Å². The lowest BCUT2D eigenvalue weighted by Crippen LogP contribution is -2.37. The summed E-state index contributed by atoms with van der Waals surface area (Å²) in [6.07, 6.45) is 8.48. The number of carbonyl (C=O) groups excluding carboxylic acids is 1. The van der Waals surface area contributed by atoms with Gasteiger partial charge >= 0.3 is 0 Å². The van der Waals surface area contributed by atoms with Crippen molar-refractivity contribution < 1.29 is 9.53 Å². The molecule has 7 nitrogen and oxygen atoms in total. The van der Waals surface area contributed by atoms with Gasteiger partial charge in [-0.2, -0.15) is 10.2 Å². The summed E-state index contributed by atoms with van der Waals surface area (Å²) in [5.74, 6) is -0.0653. The van der Waals surface area contributed by atoms with Crippen LogP contribution in [0.3, 0.4) is 0 Å². The van der Waals surface area contributed by atoms with Gasteiger partial charge in [0.05, 0.1) is 43.8 Å². The monoisotopic (exact) mass is 349 g/mol. The Kier molecular flexibility index (Phi) is 4.70. The van der Waals surface area contributed by atoms with E-state index in [2.05, 4.69) is 19.7 Å². The molecule has 26 heavy (non-hydrogen) atoms. The molecule has 0 saturated heterocycles. The molecule has 0 aliphatic carbocycles. The van der Waals surface area contributed by atoms with Gasteiger partial charge in [-0.25, -0.2) is 0 Å². The summed E-state index contributed by atoms with van der Waals surface area (Å²) in [4.78, 5) is 18.8. The summed E-state index contributed by atoms with van der Waals surface area (Å²) in [5.41, 5.74) is 2.64. The van der Waals surface area contributed by atoms with Crippen molar-refractivity contribution in [1.29, 1.82) is 0 Å². The first-order valence-corrected chi connectivity index (χ1v) is 8.50. The van der Waals surface area contributed by atoms with Crippen molar-refractivity contribution in [3.63, 3.8) is 0 Å². The van der Waals surface area contributed by atoms with Gasteiger partial charge in [0.1, 0.15) is 0 Å². The molecule has 0 radical (unpaired) electrons. The normalized spacial score (nSPS) is 16.8. The molecule has 4 heterocycles. The molecule has 1 amide bonds. The molecule has 0 aromatic carbocycles. The lowest BCUT2D eigenvalue weighted by Gasteiger charge is -2.24. The van der Waals surface area contributed by atoms with Crippen LogP contribution >= 0.6 is 0 Å². The molecule has 0 bridgehead atoms. The van der Waals surface area contributed by atoms with Crippen molar-refractivity contribution in [3.05, 3.63) is 78.1 Å². The fraction of sp³-hybridized carbons (Fsp3) is 0.263. The third-order valence-electron chi connectivity index (χ3n) is 4.43. The van der Waals surface area contributed by atoms with Crippen LogP contribution in [0.2, 0.25) is 0 Å². The summed E-state index contributed by atoms with van der Waals surface area (Å²) >= 11 is 0. The van der Waals surface area contributed by atoms with Crippen molar-refractivity contribution in [1.82, 2.24) is 24.6 Å². The van der Waals surface area contributed by atoms with E-state index in [0.717, 1.165) is 11.3 Å². The highest BCUT2D eigenvalue weighted by molar-refractivity contribution is 5.93. The minimum absolute atomic E-state index is 0.0653. The van der Waals surface area contributed by atoms with E-state index in [1.807, 2.05) is 35.4 Å². The zero-order valence-corrected chi connectivity index (χ0v) is 14.2. The third-order valence-corrected chi connectivity index (χ3v) is 4.43. The number of rotatable bonds is 4. The predicted molar refractivity (Wildman–Crippen MR) is 94.0 cm³/mol. The third kappa shape index (κ3) is 3.62. The van der Waals surface area contributed by atoms with Gasteiger partial charge in [0, 0.05) is 30.8 Å². The van der Waals surface area contributed by atoms with E-state index < -0.39 is 0 Å². The summed E-state index contributed by atoms with van der Waals surface area (Å²) in [6.45, 7) is 2.24. The van der Waals surface area contributed by atoms with Crippen molar-refractivity contribution >= 4 is 5.91 Å². The van der Waals surface area contributed by atoms with E-state index in [1.165, 1.54) is 12.4 Å². The first-order valence-electron chi connectivity index (χ1n) is 8.50. The molecule has 0 unspecified atom stereocenters. The number of ether oxygens (including phenoxy) is 1. The van der Waals surface area contributed by atoms with Crippen molar-refractivity contribution in [3.8, 4) is 0 Å². The first-order chi connectivity index (χ1) is 12.8. The van der Waals surface area contributed by atoms with Gasteiger partial charge in [-0.05, 0) is 29.8 Å². The average Bonchev–Trinajstić information content (AvgIpc) is 3.05. The first kappa shape index (κ1) is 16.4. The number of carbonyl (C=O) groups is 1. The zero-order chi connectivity index (χ0) is 17.8. The summed E-state index contributed by atoms with van der Waals surface area (Å²) in [7, 11) is 0. The molecule has 1 atom stereocenters. The van der Waals surface area contributed by atoms with Crippen LogP contribution in [-0.2, 0) is 24.4 Å². The van der Waals surface area contributed by atoms with Gasteiger partial charge in [0.25, 0.3) is 5.91 Å². The fourth-order valence-electron chi connectivity index (χ4n) is 3.11. The lowest BCUT2D eigenvalue weighted by molar-refractivity contribution is 0.0104. The number of fused-ring (bicyclic) bond motifs is 1. The van der Waals surface area contributed by atoms with Crippen molar-refractivity contribution in [2.75, 3.05) is 6.54 Å². The van der Waals surface area contributed by atoms with E-state index in [-0.39, 0.29) is 12.0 Å². The Morgan fingerprint density at radius 3 is 2.88 bits per heavy atom. The lowest BCUT2D eigenvalue weighted by atomic mass is 10.2. The van der Waals surface area contributed by atoms with Gasteiger partial charge in [-0.3, -0.25) is 9.78 Å². The molecule has 132 valence electrons. The van der Waals surface area contributed by atoms with Gasteiger partial charge in [-0.15, -0.1) is 0 Å². The number of pyridine rings is 1. The zero-order valence-electron chi connectivity index (χ0n) is 14.2. The van der Waals surface area contributed by atoms with Gasteiger partial charge in [-0.1, -0.05) is 6.07 Å². The molecule has 1 aliphatic heterocycles. The van der Waals surface area contributed by atoms with Crippen LogP contribution in [-0.4, -0.2) is 43.2 Å². The van der Waals surface area contributed by atoms with Gasteiger partial charge < -0.3 is 14.2 Å². The minimum Gasteiger partial charge on any atom is -0.370 e. The number of hydrogen-bond acceptors (Lipinski definition) is 5. The van der Waals surface area contributed by atoms with Crippen molar-refractivity contribution in [2.24, 2.45) is 0 Å². The quantitative estimate of drug-likeness (QED) is 0.719. The maximum Gasteiger partial charge on any atom is 0.255 e. The highest BCUT2D eigenvalue weighted by atomic mass is 16.5. The van der Waals surface area contributed by atoms with Gasteiger partial charge in [0.15, 0.2) is 0 Å². The molecule has 0 fully saturated rings. The van der Waals surface area contributed by atoms with Crippen LogP contribution in [0.25, 0.3) is 0 Å². The second kappa shape index (κ2) is 7.45. The summed E-state index contributed by atoms with van der Waals surface area (Å²) < 4.78 is 8.25. The Bertz CT molecular complexity index is 866. The number of hydrogen-bond donors (Lipinski definition) is 0. The maximum atomic E-state index is 12.9. The van der Waals surface area contributed by atoms with Crippen LogP contribution in [0.1, 0.15) is 21.6 Å². The highest BCUT2D eigenvalue weighted by Crippen LogP contribution is 2.18. The highest BCUT2D eigenvalue weighted by Gasteiger charge is 2.26. The van der Waals surface area contributed by atoms with E-state index in [4.69, 9.17) is 4.74 Å². The molecular weight excluding hydrogens is 330 g/mol. The summed E-state index contributed by atoms with van der Waals surface area (Å²) in [5, 5.41) is 7.55. The van der Waals surface area contributed by atoms with E-state index in [0.29, 0.717) is 31.8 Å². The Balaban J connectivity index is 1.53. The second-order valence-corrected chi connectivity index (χ2v) is 6.26. The average molecular weight is 349 g/mol. The molecule has 0 N–H and O–H groups in total. The SMILES string of the molecule is O=C(c1ccnnc1)N1Cc2cccn2C[C@H](OCc2cccnc2)C1. The maximum absolute atomic E-state index is 12.9. The predicted octanol–water partition coefficient (Wildman–Crippen LogP) is 1.91.